The van der Waals surface area contributed by atoms with E-state index in [0.717, 1.165) is 78.6 Å². The van der Waals surface area contributed by atoms with Crippen LogP contribution < -0.4 is 9.64 Å². The van der Waals surface area contributed by atoms with Crippen molar-refractivity contribution in [2.45, 2.75) is 38.2 Å². The first-order valence-electron chi connectivity index (χ1n) is 22.5. The number of para-hydroxylation sites is 2. The van der Waals surface area contributed by atoms with Crippen molar-refractivity contribution in [1.82, 2.24) is 8.75 Å². The van der Waals surface area contributed by atoms with Crippen molar-refractivity contribution in [3.05, 3.63) is 215 Å². The maximum absolute atomic E-state index is 15.9. The van der Waals surface area contributed by atoms with Gasteiger partial charge in [0.2, 0.25) is 0 Å². The number of aromatic nitrogens is 2. The van der Waals surface area contributed by atoms with Crippen LogP contribution >= 0.6 is 34.4 Å². The van der Waals surface area contributed by atoms with Gasteiger partial charge in [-0.25, -0.2) is 0 Å². The molecule has 0 radical (unpaired) electrons. The van der Waals surface area contributed by atoms with Crippen LogP contribution in [-0.2, 0) is 6.61 Å². The van der Waals surface area contributed by atoms with Gasteiger partial charge in [-0.1, -0.05) is 115 Å². The highest BCUT2D eigenvalue weighted by molar-refractivity contribution is 7.16. The highest BCUT2D eigenvalue weighted by atomic mass is 32.1. The Morgan fingerprint density at radius 2 is 0.859 bits per heavy atom. The molecule has 10 aromatic rings. The van der Waals surface area contributed by atoms with Crippen LogP contribution in [0.5, 0.6) is 5.75 Å². The molecule has 0 fully saturated rings. The Morgan fingerprint density at radius 1 is 0.451 bits per heavy atom. The van der Waals surface area contributed by atoms with Crippen LogP contribution in [0.3, 0.4) is 0 Å². The highest BCUT2D eigenvalue weighted by Crippen LogP contribution is 2.66. The number of ether oxygens (including phenoxy) is 1. The van der Waals surface area contributed by atoms with Gasteiger partial charge in [0.15, 0.2) is 0 Å². The zero-order valence-corrected chi connectivity index (χ0v) is 40.3. The molecule has 0 amide bonds. The van der Waals surface area contributed by atoms with Crippen LogP contribution in [0.15, 0.2) is 188 Å². The summed E-state index contributed by atoms with van der Waals surface area (Å²) < 4.78 is 109. The number of hydrogen-bond donors (Lipinski definition) is 0. The minimum atomic E-state index is -5.65. The van der Waals surface area contributed by atoms with E-state index in [1.165, 1.54) is 37.7 Å². The van der Waals surface area contributed by atoms with Gasteiger partial charge < -0.3 is 9.64 Å². The maximum atomic E-state index is 15.9. The first kappa shape index (κ1) is 46.1. The number of nitrogens with zero attached hydrogens (tertiary/aromatic N) is 3. The van der Waals surface area contributed by atoms with Gasteiger partial charge in [-0.05, 0) is 126 Å². The molecule has 352 valence electrons. The number of halogens is 6. The molecular weight excluding hydrogens is 965 g/mol. The molecule has 0 atom stereocenters. The summed E-state index contributed by atoms with van der Waals surface area (Å²) in [4.78, 5) is 3.63. The molecule has 7 aromatic carbocycles. The summed E-state index contributed by atoms with van der Waals surface area (Å²) in [6, 6.07) is 59.5. The standard InChI is InChI=1S/C58H39F6N3OS3/c1-35-48(32-50(69-35)40-12-6-3-7-13-40)52-53(57(61,62)58(63,64)56(52,59)60)49-33-51(70-36(49)2)41-24-28-45(29-25-41)68-34-37-18-20-38(21-19-37)46-30-31-47(55-54(46)65-71-66-55)39-22-26-44(27-23-39)67(42-14-8-4-9-15-42)43-16-10-5-11-17-43/h3-33H,34H2,1-2H3. The van der Waals surface area contributed by atoms with Crippen LogP contribution in [0.25, 0.3) is 65.3 Å². The van der Waals surface area contributed by atoms with Gasteiger partial charge in [0.05, 0.1) is 11.7 Å². The van der Waals surface area contributed by atoms with Crippen molar-refractivity contribution in [2.24, 2.45) is 0 Å². The quantitative estimate of drug-likeness (QED) is 0.114. The second kappa shape index (κ2) is 18.1. The number of rotatable bonds is 12. The van der Waals surface area contributed by atoms with Gasteiger partial charge in [0.25, 0.3) is 0 Å². The molecule has 0 saturated carbocycles. The molecule has 13 heteroatoms. The zero-order chi connectivity index (χ0) is 49.1. The molecule has 0 unspecified atom stereocenters. The third kappa shape index (κ3) is 8.11. The Kier molecular flexibility index (Phi) is 11.8. The normalized spacial score (nSPS) is 14.8. The lowest BCUT2D eigenvalue weighted by molar-refractivity contribution is -0.254. The van der Waals surface area contributed by atoms with E-state index in [9.17, 15) is 0 Å². The first-order valence-corrected chi connectivity index (χ1v) is 24.9. The van der Waals surface area contributed by atoms with Crippen molar-refractivity contribution < 1.29 is 31.1 Å². The van der Waals surface area contributed by atoms with Gasteiger partial charge in [-0.3, -0.25) is 0 Å². The molecule has 0 bridgehead atoms. The molecule has 71 heavy (non-hydrogen) atoms. The summed E-state index contributed by atoms with van der Waals surface area (Å²) in [5.41, 5.74) is 7.54. The Bertz CT molecular complexity index is 3530. The second-order valence-corrected chi connectivity index (χ2v) is 20.2. The molecule has 3 heterocycles. The first-order chi connectivity index (χ1) is 34.3. The fourth-order valence-electron chi connectivity index (χ4n) is 9.17. The van der Waals surface area contributed by atoms with Gasteiger partial charge in [-0.15, -0.1) is 22.7 Å². The number of thiophene rings is 2. The number of aryl methyl sites for hydroxylation is 2. The van der Waals surface area contributed by atoms with E-state index in [1.54, 1.807) is 54.6 Å². The van der Waals surface area contributed by atoms with E-state index < -0.39 is 28.9 Å². The maximum Gasteiger partial charge on any atom is 0.380 e. The predicted molar refractivity (Wildman–Crippen MR) is 278 cm³/mol. The fraction of sp³-hybridized carbons (Fsp3) is 0.103. The zero-order valence-electron chi connectivity index (χ0n) is 37.8. The Balaban J connectivity index is 0.798. The average Bonchev–Trinajstić information content (AvgIpc) is 4.16. The number of alkyl halides is 6. The molecule has 0 N–H and O–H groups in total. The number of benzene rings is 7. The lowest BCUT2D eigenvalue weighted by Gasteiger charge is -2.25. The smallest absolute Gasteiger partial charge is 0.380 e. The molecule has 3 aromatic heterocycles. The summed E-state index contributed by atoms with van der Waals surface area (Å²) in [7, 11) is 0. The summed E-state index contributed by atoms with van der Waals surface area (Å²) in [5, 5.41) is 0. The summed E-state index contributed by atoms with van der Waals surface area (Å²) in [6.45, 7) is 3.21. The fourth-order valence-corrected chi connectivity index (χ4v) is 11.8. The lowest BCUT2D eigenvalue weighted by atomic mass is 9.94. The third-order valence-electron chi connectivity index (χ3n) is 12.8. The topological polar surface area (TPSA) is 38.2 Å². The number of anilines is 3. The van der Waals surface area contributed by atoms with Gasteiger partial charge in [0, 0.05) is 58.8 Å². The molecule has 0 spiro atoms. The number of hydrogen-bond acceptors (Lipinski definition) is 7. The predicted octanol–water partition coefficient (Wildman–Crippen LogP) is 18.0. The third-order valence-corrected chi connectivity index (χ3v) is 15.5. The molecule has 1 aliphatic rings. The van der Waals surface area contributed by atoms with E-state index in [1.807, 2.05) is 60.7 Å². The minimum Gasteiger partial charge on any atom is -0.489 e. The van der Waals surface area contributed by atoms with Crippen molar-refractivity contribution in [2.75, 3.05) is 4.90 Å². The summed E-state index contributed by atoms with van der Waals surface area (Å²) in [5.74, 6) is -15.4. The van der Waals surface area contributed by atoms with Crippen LogP contribution in [0.1, 0.15) is 26.4 Å². The molecule has 0 saturated heterocycles. The van der Waals surface area contributed by atoms with E-state index >= 15 is 26.3 Å². The average molecular weight is 1000 g/mol. The SMILES string of the molecule is Cc1sc(-c2ccccc2)cc1C1=C(c2cc(-c3ccc(OCc4ccc(-c5ccc(-c6ccc(N(c7ccccc7)c7ccccc7)cc6)c6nsnc56)cc4)cc3)sc2C)C(F)(F)C(F)(F)C1(F)F. The van der Waals surface area contributed by atoms with Crippen molar-refractivity contribution in [1.29, 1.82) is 0 Å². The largest absolute Gasteiger partial charge is 0.489 e. The molecule has 4 nitrogen and oxygen atoms in total. The second-order valence-electron chi connectivity index (χ2n) is 17.2. The summed E-state index contributed by atoms with van der Waals surface area (Å²) in [6.07, 6.45) is 0. The van der Waals surface area contributed by atoms with Crippen molar-refractivity contribution in [3.63, 3.8) is 0 Å². The van der Waals surface area contributed by atoms with Gasteiger partial charge >= 0.3 is 17.8 Å². The van der Waals surface area contributed by atoms with Gasteiger partial charge in [0.1, 0.15) is 23.4 Å². The molecule has 1 aliphatic carbocycles. The highest BCUT2D eigenvalue weighted by Gasteiger charge is 2.80. The van der Waals surface area contributed by atoms with Crippen LogP contribution in [-0.4, -0.2) is 26.5 Å². The molecule has 11 rings (SSSR count). The number of allylic oxidation sites excluding steroid dienone is 2. The van der Waals surface area contributed by atoms with Crippen LogP contribution in [0.4, 0.5) is 43.4 Å². The Hall–Kier alpha value is -7.32. The van der Waals surface area contributed by atoms with Crippen molar-refractivity contribution >= 4 is 73.6 Å². The number of fused-ring (bicyclic) bond motifs is 1. The van der Waals surface area contributed by atoms with Gasteiger partial charge in [-0.2, -0.15) is 35.1 Å². The monoisotopic (exact) mass is 1000 g/mol. The summed E-state index contributed by atoms with van der Waals surface area (Å²) >= 11 is 3.33. The van der Waals surface area contributed by atoms with Crippen LogP contribution in [0.2, 0.25) is 0 Å². The van der Waals surface area contributed by atoms with E-state index in [-0.39, 0.29) is 27.5 Å². The van der Waals surface area contributed by atoms with E-state index in [0.29, 0.717) is 26.6 Å². The van der Waals surface area contributed by atoms with E-state index in [4.69, 9.17) is 13.5 Å². The molecular formula is C58H39F6N3OS3. The Morgan fingerprint density at radius 3 is 1.34 bits per heavy atom. The lowest BCUT2D eigenvalue weighted by Crippen LogP contribution is -2.48. The van der Waals surface area contributed by atoms with Crippen molar-refractivity contribution in [3.8, 4) is 48.9 Å². The molecule has 0 aliphatic heterocycles. The van der Waals surface area contributed by atoms with E-state index in [2.05, 4.69) is 65.6 Å². The van der Waals surface area contributed by atoms with Crippen LogP contribution in [0, 0.1) is 13.8 Å². The minimum absolute atomic E-state index is 0.212. The Labute approximate surface area is 417 Å².